The highest BCUT2D eigenvalue weighted by Crippen LogP contribution is 2.42. The van der Waals surface area contributed by atoms with Gasteiger partial charge in [-0.1, -0.05) is 25.1 Å². The molecule has 0 atom stereocenters. The quantitative estimate of drug-likeness (QED) is 0.156. The van der Waals surface area contributed by atoms with Crippen molar-refractivity contribution in [3.63, 3.8) is 0 Å². The number of hydrogen-bond donors (Lipinski definition) is 0. The molecule has 4 rings (SSSR count). The molecule has 2 aromatic carbocycles. The lowest BCUT2D eigenvalue weighted by Gasteiger charge is -2.22. The van der Waals surface area contributed by atoms with Crippen LogP contribution in [0.1, 0.15) is 51.4 Å². The first-order valence-electron chi connectivity index (χ1n) is 13.2. The van der Waals surface area contributed by atoms with Crippen LogP contribution in [0.25, 0.3) is 33.4 Å². The van der Waals surface area contributed by atoms with Gasteiger partial charge in [0.05, 0.1) is 18.2 Å². The fourth-order valence-corrected chi connectivity index (χ4v) is 4.88. The normalized spacial score (nSPS) is 11.1. The summed E-state index contributed by atoms with van der Waals surface area (Å²) in [4.78, 5) is 15.4. The minimum atomic E-state index is -0.297. The van der Waals surface area contributed by atoms with Crippen LogP contribution in [0.4, 0.5) is 5.69 Å². The van der Waals surface area contributed by atoms with E-state index in [4.69, 9.17) is 9.15 Å². The molecule has 0 saturated carbocycles. The second kappa shape index (κ2) is 11.4. The van der Waals surface area contributed by atoms with E-state index in [-0.39, 0.29) is 5.97 Å². The Balaban J connectivity index is 2.07. The van der Waals surface area contributed by atoms with Gasteiger partial charge in [-0.2, -0.15) is 0 Å². The molecule has 2 aromatic rings. The molecule has 0 amide bonds. The van der Waals surface area contributed by atoms with E-state index in [0.29, 0.717) is 12.2 Å². The van der Waals surface area contributed by atoms with Gasteiger partial charge in [0.1, 0.15) is 24.4 Å². The van der Waals surface area contributed by atoms with Crippen molar-refractivity contribution < 1.29 is 13.9 Å². The summed E-state index contributed by atoms with van der Waals surface area (Å²) in [7, 11) is 0. The van der Waals surface area contributed by atoms with Gasteiger partial charge < -0.3 is 14.1 Å². The third-order valence-corrected chi connectivity index (χ3v) is 6.80. The van der Waals surface area contributed by atoms with Gasteiger partial charge in [0.25, 0.3) is 0 Å². The lowest BCUT2D eigenvalue weighted by Crippen LogP contribution is -2.29. The minimum Gasteiger partial charge on any atom is -0.462 e. The van der Waals surface area contributed by atoms with Crippen LogP contribution in [0.2, 0.25) is 0 Å². The first-order chi connectivity index (χ1) is 17.6. The maximum Gasteiger partial charge on any atom is 0.338 e. The molecular formula is C31H37N2O3+. The third-order valence-electron chi connectivity index (χ3n) is 6.80. The van der Waals surface area contributed by atoms with Crippen LogP contribution < -0.4 is 14.8 Å². The summed E-state index contributed by atoms with van der Waals surface area (Å²) >= 11 is 0. The Labute approximate surface area is 214 Å². The van der Waals surface area contributed by atoms with Crippen LogP contribution >= 0.6 is 0 Å². The Hall–Kier alpha value is -3.60. The summed E-state index contributed by atoms with van der Waals surface area (Å²) in [6.07, 6.45) is 0.784. The molecule has 5 heteroatoms. The van der Waals surface area contributed by atoms with Crippen molar-refractivity contribution in [3.8, 4) is 22.5 Å². The van der Waals surface area contributed by atoms with Gasteiger partial charge in [0, 0.05) is 47.4 Å². The van der Waals surface area contributed by atoms with Crippen molar-refractivity contribution in [2.45, 2.75) is 41.0 Å². The number of nitrogens with zero attached hydrogens (tertiary/aromatic N) is 2. The van der Waals surface area contributed by atoms with Gasteiger partial charge >= 0.3 is 5.97 Å². The Morgan fingerprint density at radius 1 is 0.889 bits per heavy atom. The molecule has 0 fully saturated rings. The fourth-order valence-electron chi connectivity index (χ4n) is 4.88. The molecule has 0 unspecified atom stereocenters. The zero-order valence-corrected chi connectivity index (χ0v) is 22.1. The first kappa shape index (κ1) is 25.5. The van der Waals surface area contributed by atoms with Crippen molar-refractivity contribution in [2.75, 3.05) is 37.7 Å². The second-order valence-corrected chi connectivity index (χ2v) is 8.86. The number of carbonyl (C=O) groups excluding carboxylic acids is 1. The molecule has 36 heavy (non-hydrogen) atoms. The maximum atomic E-state index is 13.1. The predicted molar refractivity (Wildman–Crippen MR) is 149 cm³/mol. The third kappa shape index (κ3) is 4.88. The molecule has 5 nitrogen and oxygen atoms in total. The van der Waals surface area contributed by atoms with Crippen LogP contribution in [0, 0.1) is 0 Å². The Morgan fingerprint density at radius 2 is 1.64 bits per heavy atom. The summed E-state index contributed by atoms with van der Waals surface area (Å²) in [5.74, 6) is 0.504. The van der Waals surface area contributed by atoms with E-state index >= 15 is 0 Å². The summed E-state index contributed by atoms with van der Waals surface area (Å²) < 4.78 is 14.4. The zero-order valence-electron chi connectivity index (χ0n) is 22.1. The van der Waals surface area contributed by atoms with Crippen molar-refractivity contribution in [3.05, 3.63) is 71.6 Å². The van der Waals surface area contributed by atoms with Crippen molar-refractivity contribution in [1.29, 1.82) is 0 Å². The average molecular weight is 486 g/mol. The molecule has 1 aliphatic heterocycles. The molecular weight excluding hydrogens is 448 g/mol. The van der Waals surface area contributed by atoms with Gasteiger partial charge in [-0.05, 0) is 63.9 Å². The van der Waals surface area contributed by atoms with Crippen LogP contribution in [0.5, 0.6) is 0 Å². The molecule has 0 spiro atoms. The van der Waals surface area contributed by atoms with Crippen LogP contribution in [-0.2, 0) is 4.74 Å². The van der Waals surface area contributed by atoms with Crippen molar-refractivity contribution >= 4 is 22.6 Å². The first-order valence-corrected chi connectivity index (χ1v) is 13.2. The summed E-state index contributed by atoms with van der Waals surface area (Å²) in [6, 6.07) is 20.5. The summed E-state index contributed by atoms with van der Waals surface area (Å²) in [5.41, 5.74) is 5.32. The largest absolute Gasteiger partial charge is 0.462 e. The number of esters is 1. The minimum absolute atomic E-state index is 0.297. The van der Waals surface area contributed by atoms with Gasteiger partial charge in [0.15, 0.2) is 0 Å². The number of benzene rings is 3. The molecule has 0 saturated heterocycles. The average Bonchev–Trinajstić information content (AvgIpc) is 2.91. The summed E-state index contributed by atoms with van der Waals surface area (Å²) in [6.45, 7) is 14.7. The Bertz CT molecular complexity index is 1390. The molecule has 0 N–H and O–H groups in total. The monoisotopic (exact) mass is 485 g/mol. The maximum absolute atomic E-state index is 13.1. The van der Waals surface area contributed by atoms with E-state index in [2.05, 4.69) is 73.6 Å². The summed E-state index contributed by atoms with van der Waals surface area (Å²) in [5, 5.41) is 2.10. The number of rotatable bonds is 9. The van der Waals surface area contributed by atoms with Crippen molar-refractivity contribution in [1.82, 2.24) is 4.58 Å². The lowest BCUT2D eigenvalue weighted by molar-refractivity contribution is 0.0506. The number of carbonyl (C=O) groups is 1. The number of fused-ring (bicyclic) bond motifs is 2. The Morgan fingerprint density at radius 3 is 2.33 bits per heavy atom. The van der Waals surface area contributed by atoms with Gasteiger partial charge in [-0.25, -0.2) is 9.37 Å². The van der Waals surface area contributed by atoms with Gasteiger partial charge in [0.2, 0.25) is 5.36 Å². The van der Waals surface area contributed by atoms with Gasteiger partial charge in [-0.3, -0.25) is 0 Å². The smallest absolute Gasteiger partial charge is 0.338 e. The topological polar surface area (TPSA) is 45.7 Å². The second-order valence-electron chi connectivity index (χ2n) is 8.86. The highest BCUT2D eigenvalue weighted by Gasteiger charge is 2.23. The lowest BCUT2D eigenvalue weighted by atomic mass is 9.90. The molecule has 188 valence electrons. The molecule has 0 aromatic heterocycles. The van der Waals surface area contributed by atoms with Crippen LogP contribution in [-0.4, -0.2) is 38.8 Å². The van der Waals surface area contributed by atoms with E-state index < -0.39 is 0 Å². The van der Waals surface area contributed by atoms with Crippen molar-refractivity contribution in [2.24, 2.45) is 0 Å². The highest BCUT2D eigenvalue weighted by atomic mass is 16.5. The standard InChI is InChI=1S/C31H37N2O3/c1-6-19-35-31(34)25-14-12-11-13-24(25)30-26-17-15-22(32(7-2)8-3)20-28(26)36-29-21-23(16-18-27(29)30)33(9-4)10-5/h11-18,20-21H,6-10,19H2,1-5H3/q+1. The zero-order chi connectivity index (χ0) is 25.7. The van der Waals surface area contributed by atoms with E-state index in [1.165, 1.54) is 0 Å². The van der Waals surface area contributed by atoms with E-state index in [0.717, 1.165) is 77.1 Å². The molecule has 0 radical (unpaired) electrons. The molecule has 2 aliphatic rings. The molecule has 1 heterocycles. The molecule has 1 aliphatic carbocycles. The van der Waals surface area contributed by atoms with Crippen LogP contribution in [0.15, 0.2) is 65.1 Å². The Kier molecular flexibility index (Phi) is 8.09. The van der Waals surface area contributed by atoms with E-state index in [1.807, 2.05) is 31.2 Å². The SMILES string of the molecule is CCCOC(=O)c1ccccc1-c1c2ccc(=[N+](CC)CC)cc-2oc2cc(N(CC)CC)ccc12. The number of anilines is 1. The van der Waals surface area contributed by atoms with Crippen LogP contribution in [0.3, 0.4) is 0 Å². The number of ether oxygens (including phenoxy) is 1. The predicted octanol–water partition coefficient (Wildman–Crippen LogP) is 6.43. The highest BCUT2D eigenvalue weighted by molar-refractivity contribution is 6.08. The number of hydrogen-bond acceptors (Lipinski definition) is 4. The molecule has 0 bridgehead atoms. The van der Waals surface area contributed by atoms with Gasteiger partial charge in [-0.15, -0.1) is 0 Å². The fraction of sp³-hybridized carbons (Fsp3) is 0.355. The van der Waals surface area contributed by atoms with E-state index in [1.54, 1.807) is 0 Å². The van der Waals surface area contributed by atoms with E-state index in [9.17, 15) is 4.79 Å².